The van der Waals surface area contributed by atoms with Gasteiger partial charge in [0, 0.05) is 19.1 Å². The van der Waals surface area contributed by atoms with E-state index in [2.05, 4.69) is 22.3 Å². The summed E-state index contributed by atoms with van der Waals surface area (Å²) in [5, 5.41) is 0. The number of hydrogen-bond acceptors (Lipinski definition) is 3. The molecule has 4 atom stereocenters. The normalized spacial score (nSPS) is 32.0. The zero-order valence-corrected chi connectivity index (χ0v) is 12.9. The highest BCUT2D eigenvalue weighted by Gasteiger charge is 2.38. The van der Waals surface area contributed by atoms with E-state index in [4.69, 9.17) is 0 Å². The fourth-order valence-electron chi connectivity index (χ4n) is 3.55. The number of rotatable bonds is 5. The van der Waals surface area contributed by atoms with Gasteiger partial charge in [-0.15, -0.1) is 6.58 Å². The van der Waals surface area contributed by atoms with Crippen molar-refractivity contribution in [2.24, 2.45) is 11.8 Å². The van der Waals surface area contributed by atoms with E-state index in [0.29, 0.717) is 29.3 Å². The van der Waals surface area contributed by atoms with E-state index in [0.717, 1.165) is 19.5 Å². The second-order valence-corrected chi connectivity index (χ2v) is 7.76. The van der Waals surface area contributed by atoms with Crippen LogP contribution in [0.5, 0.6) is 0 Å². The van der Waals surface area contributed by atoms with Crippen LogP contribution in [-0.2, 0) is 10.0 Å². The first kappa shape index (κ1) is 14.8. The average Bonchev–Trinajstić information content (AvgIpc) is 2.54. The molecule has 3 aliphatic heterocycles. The van der Waals surface area contributed by atoms with Gasteiger partial charge in [-0.25, -0.2) is 13.1 Å². The van der Waals surface area contributed by atoms with E-state index < -0.39 is 10.0 Å². The number of benzene rings is 1. The SMILES string of the molecule is C=CC1CN2CCC1CC2CNS(=O)(=O)c1ccccc1. The number of nitrogens with zero attached hydrogens (tertiary/aromatic N) is 1. The van der Waals surface area contributed by atoms with Gasteiger partial charge in [0.2, 0.25) is 10.0 Å². The lowest BCUT2D eigenvalue weighted by Gasteiger charge is -2.49. The van der Waals surface area contributed by atoms with Crippen molar-refractivity contribution in [3.63, 3.8) is 0 Å². The molecule has 0 saturated carbocycles. The molecule has 4 nitrogen and oxygen atoms in total. The maximum Gasteiger partial charge on any atom is 0.240 e. The van der Waals surface area contributed by atoms with Crippen LogP contribution in [0.25, 0.3) is 0 Å². The van der Waals surface area contributed by atoms with Gasteiger partial charge in [0.25, 0.3) is 0 Å². The Morgan fingerprint density at radius 2 is 2.10 bits per heavy atom. The van der Waals surface area contributed by atoms with Gasteiger partial charge in [0.15, 0.2) is 0 Å². The predicted octanol–water partition coefficient (Wildman–Crippen LogP) is 1.86. The van der Waals surface area contributed by atoms with Crippen LogP contribution in [0.3, 0.4) is 0 Å². The molecule has 1 aromatic rings. The Morgan fingerprint density at radius 1 is 1.33 bits per heavy atom. The first-order valence-corrected chi connectivity index (χ1v) is 9.00. The van der Waals surface area contributed by atoms with Crippen LogP contribution in [0.4, 0.5) is 0 Å². The summed E-state index contributed by atoms with van der Waals surface area (Å²) in [4.78, 5) is 2.74. The molecule has 0 spiro atoms. The molecule has 0 radical (unpaired) electrons. The molecular weight excluding hydrogens is 284 g/mol. The standard InChI is InChI=1S/C16H22N2O2S/c1-2-13-12-18-9-8-14(13)10-15(18)11-17-21(19,20)16-6-4-3-5-7-16/h2-7,13-15,17H,1,8-12H2. The summed E-state index contributed by atoms with van der Waals surface area (Å²) < 4.78 is 27.3. The molecule has 114 valence electrons. The Balaban J connectivity index is 1.63. The van der Waals surface area contributed by atoms with Gasteiger partial charge in [0.05, 0.1) is 4.90 Å². The van der Waals surface area contributed by atoms with E-state index in [9.17, 15) is 8.42 Å². The summed E-state index contributed by atoms with van der Waals surface area (Å²) in [7, 11) is -3.39. The summed E-state index contributed by atoms with van der Waals surface area (Å²) in [5.74, 6) is 1.24. The molecular formula is C16H22N2O2S. The number of hydrogen-bond donors (Lipinski definition) is 1. The molecule has 5 heteroatoms. The van der Waals surface area contributed by atoms with Crippen LogP contribution in [0, 0.1) is 11.8 Å². The Kier molecular flexibility index (Phi) is 4.15. The zero-order valence-electron chi connectivity index (χ0n) is 12.1. The number of sulfonamides is 1. The first-order chi connectivity index (χ1) is 10.1. The van der Waals surface area contributed by atoms with Gasteiger partial charge in [-0.05, 0) is 43.4 Å². The quantitative estimate of drug-likeness (QED) is 0.845. The van der Waals surface area contributed by atoms with Gasteiger partial charge >= 0.3 is 0 Å². The Bertz CT molecular complexity index is 600. The summed E-state index contributed by atoms with van der Waals surface area (Å²) in [6, 6.07) is 8.89. The molecule has 3 aliphatic rings. The molecule has 2 bridgehead atoms. The lowest BCUT2D eigenvalue weighted by Crippen LogP contribution is -2.56. The van der Waals surface area contributed by atoms with Crippen molar-refractivity contribution in [2.75, 3.05) is 19.6 Å². The average molecular weight is 306 g/mol. The second-order valence-electron chi connectivity index (χ2n) is 6.00. The molecule has 1 N–H and O–H groups in total. The summed E-state index contributed by atoms with van der Waals surface area (Å²) >= 11 is 0. The molecule has 0 aliphatic carbocycles. The van der Waals surface area contributed by atoms with Crippen molar-refractivity contribution in [3.05, 3.63) is 43.0 Å². The van der Waals surface area contributed by atoms with Gasteiger partial charge in [0.1, 0.15) is 0 Å². The first-order valence-electron chi connectivity index (χ1n) is 7.51. The van der Waals surface area contributed by atoms with Crippen molar-refractivity contribution in [1.29, 1.82) is 0 Å². The van der Waals surface area contributed by atoms with Crippen molar-refractivity contribution < 1.29 is 8.42 Å². The van der Waals surface area contributed by atoms with E-state index >= 15 is 0 Å². The smallest absolute Gasteiger partial charge is 0.240 e. The van der Waals surface area contributed by atoms with Crippen molar-refractivity contribution in [1.82, 2.24) is 9.62 Å². The summed E-state index contributed by atoms with van der Waals surface area (Å²) in [5.41, 5.74) is 0. The molecule has 4 rings (SSSR count). The second kappa shape index (κ2) is 5.91. The van der Waals surface area contributed by atoms with E-state index in [1.165, 1.54) is 6.42 Å². The molecule has 3 fully saturated rings. The Morgan fingerprint density at radius 3 is 2.71 bits per heavy atom. The molecule has 21 heavy (non-hydrogen) atoms. The largest absolute Gasteiger partial charge is 0.298 e. The Hall–Kier alpha value is -1.17. The fraction of sp³-hybridized carbons (Fsp3) is 0.500. The van der Waals surface area contributed by atoms with Crippen LogP contribution in [0.2, 0.25) is 0 Å². The van der Waals surface area contributed by atoms with E-state index in [1.807, 2.05) is 6.07 Å². The highest BCUT2D eigenvalue weighted by Crippen LogP contribution is 2.36. The Labute approximate surface area is 126 Å². The number of fused-ring (bicyclic) bond motifs is 3. The van der Waals surface area contributed by atoms with Crippen LogP contribution in [0.15, 0.2) is 47.9 Å². The van der Waals surface area contributed by atoms with Crippen molar-refractivity contribution in [3.8, 4) is 0 Å². The minimum Gasteiger partial charge on any atom is -0.298 e. The zero-order chi connectivity index (χ0) is 14.9. The van der Waals surface area contributed by atoms with Crippen molar-refractivity contribution in [2.45, 2.75) is 23.8 Å². The van der Waals surface area contributed by atoms with Crippen molar-refractivity contribution >= 4 is 10.0 Å². The third kappa shape index (κ3) is 3.05. The fourth-order valence-corrected chi connectivity index (χ4v) is 4.64. The molecule has 1 aromatic carbocycles. The number of nitrogens with one attached hydrogen (secondary N) is 1. The minimum atomic E-state index is -3.39. The highest BCUT2D eigenvalue weighted by atomic mass is 32.2. The molecule has 3 saturated heterocycles. The van der Waals surface area contributed by atoms with Crippen LogP contribution < -0.4 is 4.72 Å². The molecule has 0 aromatic heterocycles. The monoisotopic (exact) mass is 306 g/mol. The van der Waals surface area contributed by atoms with Crippen LogP contribution in [-0.4, -0.2) is 39.0 Å². The lowest BCUT2D eigenvalue weighted by atomic mass is 9.76. The maximum absolute atomic E-state index is 12.3. The molecule has 4 unspecified atom stereocenters. The minimum absolute atomic E-state index is 0.318. The van der Waals surface area contributed by atoms with Crippen LogP contribution in [0.1, 0.15) is 12.8 Å². The molecule has 0 amide bonds. The van der Waals surface area contributed by atoms with Gasteiger partial charge in [-0.3, -0.25) is 4.90 Å². The van der Waals surface area contributed by atoms with Crippen LogP contribution >= 0.6 is 0 Å². The third-order valence-corrected chi connectivity index (χ3v) is 6.23. The van der Waals surface area contributed by atoms with Gasteiger partial charge in [-0.1, -0.05) is 24.3 Å². The highest BCUT2D eigenvalue weighted by molar-refractivity contribution is 7.89. The maximum atomic E-state index is 12.3. The molecule has 3 heterocycles. The lowest BCUT2D eigenvalue weighted by molar-refractivity contribution is 0.0218. The summed E-state index contributed by atoms with van der Waals surface area (Å²) in [6.45, 7) is 6.51. The van der Waals surface area contributed by atoms with Gasteiger partial charge < -0.3 is 0 Å². The summed E-state index contributed by atoms with van der Waals surface area (Å²) in [6.07, 6.45) is 4.33. The number of piperidine rings is 3. The van der Waals surface area contributed by atoms with E-state index in [-0.39, 0.29) is 0 Å². The third-order valence-electron chi connectivity index (χ3n) is 4.79. The van der Waals surface area contributed by atoms with E-state index in [1.54, 1.807) is 24.3 Å². The predicted molar refractivity (Wildman–Crippen MR) is 83.4 cm³/mol. The van der Waals surface area contributed by atoms with Gasteiger partial charge in [-0.2, -0.15) is 0 Å². The topological polar surface area (TPSA) is 49.4 Å².